The lowest BCUT2D eigenvalue weighted by Crippen LogP contribution is -2.53. The molecule has 5 nitrogen and oxygen atoms in total. The van der Waals surface area contributed by atoms with E-state index in [-0.39, 0.29) is 13.0 Å². The third kappa shape index (κ3) is 4.15. The van der Waals surface area contributed by atoms with Crippen LogP contribution in [0, 0.1) is 17.2 Å². The zero-order valence-corrected chi connectivity index (χ0v) is 11.8. The van der Waals surface area contributed by atoms with Gasteiger partial charge in [-0.25, -0.2) is 13.6 Å². The number of ketones is 1. The minimum atomic E-state index is -3.33. The number of ether oxygens (including phenoxy) is 1. The molecule has 1 aliphatic rings. The Morgan fingerprint density at radius 3 is 2.50 bits per heavy atom. The number of nitrogens with zero attached hydrogens (tertiary/aromatic N) is 2. The highest BCUT2D eigenvalue weighted by molar-refractivity contribution is 5.84. The van der Waals surface area contributed by atoms with E-state index >= 15 is 0 Å². The van der Waals surface area contributed by atoms with Gasteiger partial charge in [-0.2, -0.15) is 5.26 Å². The lowest BCUT2D eigenvalue weighted by molar-refractivity contribution is -0.147. The lowest BCUT2D eigenvalue weighted by Gasteiger charge is -2.37. The number of Topliss-reactive ketones (excluding diaryl/α,β-unsaturated/α-hetero) is 1. The fraction of sp³-hybridized carbons (Fsp3) is 0.769. The van der Waals surface area contributed by atoms with Crippen molar-refractivity contribution in [2.75, 3.05) is 13.1 Å². The van der Waals surface area contributed by atoms with Gasteiger partial charge < -0.3 is 9.64 Å². The molecule has 1 aliphatic heterocycles. The van der Waals surface area contributed by atoms with E-state index in [1.807, 2.05) is 0 Å². The summed E-state index contributed by atoms with van der Waals surface area (Å²) in [6.45, 7) is 4.10. The molecule has 1 amide bonds. The summed E-state index contributed by atoms with van der Waals surface area (Å²) in [5, 5.41) is 8.41. The van der Waals surface area contributed by atoms with Crippen LogP contribution in [0.5, 0.6) is 0 Å². The van der Waals surface area contributed by atoms with Crippen molar-refractivity contribution < 1.29 is 23.1 Å². The molecule has 1 fully saturated rings. The molecule has 0 bridgehead atoms. The Labute approximate surface area is 116 Å². The smallest absolute Gasteiger partial charge is 0.410 e. The largest absolute Gasteiger partial charge is 0.444 e. The monoisotopic (exact) mass is 288 g/mol. The number of amides is 1. The maximum absolute atomic E-state index is 13.9. The number of hydrogen-bond donors (Lipinski definition) is 0. The maximum Gasteiger partial charge on any atom is 0.410 e. The number of carbonyl (C=O) groups excluding carboxylic acids is 2. The topological polar surface area (TPSA) is 70.4 Å². The molecule has 1 atom stereocenters. The van der Waals surface area contributed by atoms with Crippen molar-refractivity contribution >= 4 is 11.9 Å². The van der Waals surface area contributed by atoms with E-state index in [2.05, 4.69) is 0 Å². The van der Waals surface area contributed by atoms with Crippen LogP contribution in [0.3, 0.4) is 0 Å². The molecule has 7 heteroatoms. The number of piperidine rings is 1. The Balaban J connectivity index is 2.72. The van der Waals surface area contributed by atoms with Gasteiger partial charge in [0.2, 0.25) is 0 Å². The molecule has 1 saturated heterocycles. The third-order valence-electron chi connectivity index (χ3n) is 2.89. The molecule has 0 aliphatic carbocycles. The van der Waals surface area contributed by atoms with Crippen LogP contribution in [0.1, 0.15) is 33.6 Å². The van der Waals surface area contributed by atoms with E-state index < -0.39 is 42.3 Å². The first-order valence-corrected chi connectivity index (χ1v) is 6.32. The second-order valence-electron chi connectivity index (χ2n) is 5.81. The van der Waals surface area contributed by atoms with E-state index in [0.29, 0.717) is 0 Å². The van der Waals surface area contributed by atoms with Crippen LogP contribution in [-0.4, -0.2) is 41.4 Å². The third-order valence-corrected chi connectivity index (χ3v) is 2.89. The summed E-state index contributed by atoms with van der Waals surface area (Å²) in [5.74, 6) is -5.61. The molecule has 1 heterocycles. The number of rotatable bonds is 2. The summed E-state index contributed by atoms with van der Waals surface area (Å²) in [6.07, 6.45) is -1.51. The van der Waals surface area contributed by atoms with Gasteiger partial charge in [0.05, 0.1) is 25.0 Å². The molecule has 0 N–H and O–H groups in total. The van der Waals surface area contributed by atoms with E-state index in [1.54, 1.807) is 26.8 Å². The summed E-state index contributed by atoms with van der Waals surface area (Å²) in [5.41, 5.74) is -0.764. The summed E-state index contributed by atoms with van der Waals surface area (Å²) >= 11 is 0. The summed E-state index contributed by atoms with van der Waals surface area (Å²) in [7, 11) is 0. The molecular formula is C13H18F2N2O3. The molecule has 0 aromatic rings. The Hall–Kier alpha value is -1.71. The normalized spacial score (nSPS) is 22.0. The first-order chi connectivity index (χ1) is 9.07. The average molecular weight is 288 g/mol. The van der Waals surface area contributed by atoms with Crippen molar-refractivity contribution in [3.8, 4) is 6.07 Å². The van der Waals surface area contributed by atoms with E-state index in [1.165, 1.54) is 0 Å². The van der Waals surface area contributed by atoms with E-state index in [0.717, 1.165) is 4.90 Å². The van der Waals surface area contributed by atoms with Crippen LogP contribution in [0.2, 0.25) is 0 Å². The van der Waals surface area contributed by atoms with Gasteiger partial charge in [-0.15, -0.1) is 0 Å². The van der Waals surface area contributed by atoms with Crippen LogP contribution in [0.15, 0.2) is 0 Å². The molecular weight excluding hydrogens is 270 g/mol. The van der Waals surface area contributed by atoms with Crippen LogP contribution in [-0.2, 0) is 9.53 Å². The van der Waals surface area contributed by atoms with Gasteiger partial charge in [0.15, 0.2) is 5.78 Å². The lowest BCUT2D eigenvalue weighted by atomic mass is 9.88. The predicted octanol–water partition coefficient (Wildman–Crippen LogP) is 2.36. The molecule has 0 saturated carbocycles. The standard InChI is InChI=1S/C13H18F2N2O3/c1-12(2,3)20-11(19)17-7-5-9(10(18)4-6-16)13(14,15)8-17/h9H,4-5,7-8H2,1-3H3. The average Bonchev–Trinajstić information content (AvgIpc) is 2.25. The maximum atomic E-state index is 13.9. The van der Waals surface area contributed by atoms with Crippen molar-refractivity contribution in [3.05, 3.63) is 0 Å². The van der Waals surface area contributed by atoms with Gasteiger partial charge in [-0.3, -0.25) is 4.79 Å². The van der Waals surface area contributed by atoms with Crippen molar-refractivity contribution in [2.24, 2.45) is 5.92 Å². The molecule has 0 spiro atoms. The zero-order valence-electron chi connectivity index (χ0n) is 11.8. The number of alkyl halides is 2. The summed E-state index contributed by atoms with van der Waals surface area (Å²) < 4.78 is 32.8. The molecule has 1 rings (SSSR count). The molecule has 0 radical (unpaired) electrons. The van der Waals surface area contributed by atoms with Crippen LogP contribution >= 0.6 is 0 Å². The number of halogens is 2. The summed E-state index contributed by atoms with van der Waals surface area (Å²) in [6, 6.07) is 1.58. The first-order valence-electron chi connectivity index (χ1n) is 6.32. The Bertz CT molecular complexity index is 438. The molecule has 0 aromatic carbocycles. The zero-order chi connectivity index (χ0) is 15.6. The SMILES string of the molecule is CC(C)(C)OC(=O)N1CCC(C(=O)CC#N)C(F)(F)C1. The second-order valence-corrected chi connectivity index (χ2v) is 5.81. The van der Waals surface area contributed by atoms with Gasteiger partial charge in [0.25, 0.3) is 5.92 Å². The highest BCUT2D eigenvalue weighted by atomic mass is 19.3. The number of hydrogen-bond acceptors (Lipinski definition) is 4. The highest BCUT2D eigenvalue weighted by Gasteiger charge is 2.49. The van der Waals surface area contributed by atoms with E-state index in [4.69, 9.17) is 10.00 Å². The van der Waals surface area contributed by atoms with E-state index in [9.17, 15) is 18.4 Å². The van der Waals surface area contributed by atoms with Gasteiger partial charge in [0, 0.05) is 6.54 Å². The van der Waals surface area contributed by atoms with Crippen LogP contribution < -0.4 is 0 Å². The Kier molecular flexibility index (Phi) is 4.69. The van der Waals surface area contributed by atoms with Crippen LogP contribution in [0.4, 0.5) is 13.6 Å². The van der Waals surface area contributed by atoms with Crippen molar-refractivity contribution in [1.82, 2.24) is 4.90 Å². The minimum Gasteiger partial charge on any atom is -0.444 e. The Morgan fingerprint density at radius 2 is 2.05 bits per heavy atom. The fourth-order valence-corrected chi connectivity index (χ4v) is 2.02. The van der Waals surface area contributed by atoms with Crippen molar-refractivity contribution in [1.29, 1.82) is 5.26 Å². The number of nitriles is 1. The molecule has 20 heavy (non-hydrogen) atoms. The molecule has 1 unspecified atom stereocenters. The van der Waals surface area contributed by atoms with Crippen LogP contribution in [0.25, 0.3) is 0 Å². The second kappa shape index (κ2) is 5.73. The first kappa shape index (κ1) is 16.3. The van der Waals surface area contributed by atoms with Gasteiger partial charge in [-0.1, -0.05) is 0 Å². The Morgan fingerprint density at radius 1 is 1.45 bits per heavy atom. The number of likely N-dealkylation sites (tertiary alicyclic amines) is 1. The number of carbonyl (C=O) groups is 2. The van der Waals surface area contributed by atoms with Gasteiger partial charge >= 0.3 is 6.09 Å². The fourth-order valence-electron chi connectivity index (χ4n) is 2.02. The summed E-state index contributed by atoms with van der Waals surface area (Å²) in [4.78, 5) is 24.1. The van der Waals surface area contributed by atoms with Gasteiger partial charge in [-0.05, 0) is 27.2 Å². The quantitative estimate of drug-likeness (QED) is 0.782. The highest BCUT2D eigenvalue weighted by Crippen LogP contribution is 2.34. The minimum absolute atomic E-state index is 0.0202. The van der Waals surface area contributed by atoms with Crippen molar-refractivity contribution in [3.63, 3.8) is 0 Å². The van der Waals surface area contributed by atoms with Gasteiger partial charge in [0.1, 0.15) is 5.60 Å². The molecule has 112 valence electrons. The van der Waals surface area contributed by atoms with Crippen molar-refractivity contribution in [2.45, 2.75) is 45.1 Å². The predicted molar refractivity (Wildman–Crippen MR) is 66.1 cm³/mol. The molecule has 0 aromatic heterocycles.